The van der Waals surface area contributed by atoms with E-state index in [0.717, 1.165) is 6.42 Å². The van der Waals surface area contributed by atoms with Crippen molar-refractivity contribution in [1.82, 2.24) is 0 Å². The molecule has 1 N–H and O–H groups in total. The topological polar surface area (TPSA) is 55.8 Å². The lowest BCUT2D eigenvalue weighted by molar-refractivity contribution is 0.169. The Morgan fingerprint density at radius 3 is 2.29 bits per heavy atom. The summed E-state index contributed by atoms with van der Waals surface area (Å²) >= 11 is 0. The van der Waals surface area contributed by atoms with Crippen LogP contribution in [0.1, 0.15) is 20.3 Å². The zero-order chi connectivity index (χ0) is 11.4. The van der Waals surface area contributed by atoms with Gasteiger partial charge in [-0.1, -0.05) is 6.92 Å². The number of hydrogen-bond acceptors (Lipinski definition) is 3. The van der Waals surface area contributed by atoms with Crippen LogP contribution in [0.5, 0.6) is 0 Å². The van der Waals surface area contributed by atoms with Crippen molar-refractivity contribution in [3.05, 3.63) is 0 Å². The molecule has 0 aliphatic rings. The van der Waals surface area contributed by atoms with Gasteiger partial charge in [0.25, 0.3) is 0 Å². The average molecular weight is 240 g/mol. The van der Waals surface area contributed by atoms with Crippen LogP contribution in [0.15, 0.2) is 0 Å². The van der Waals surface area contributed by atoms with E-state index in [2.05, 4.69) is 0 Å². The zero-order valence-corrected chi connectivity index (χ0v) is 11.5. The Morgan fingerprint density at radius 2 is 1.93 bits per heavy atom. The summed E-state index contributed by atoms with van der Waals surface area (Å²) in [4.78, 5) is 9.41. The summed E-state index contributed by atoms with van der Waals surface area (Å²) in [5.74, 6) is 0. The van der Waals surface area contributed by atoms with Gasteiger partial charge >= 0.3 is 7.60 Å². The van der Waals surface area contributed by atoms with Crippen molar-refractivity contribution in [3.8, 4) is 0 Å². The average Bonchev–Trinajstić information content (AvgIpc) is 1.99. The van der Waals surface area contributed by atoms with E-state index in [-0.39, 0.29) is 12.5 Å². The highest BCUT2D eigenvalue weighted by Crippen LogP contribution is 2.44. The first-order chi connectivity index (χ1) is 6.16. The molecule has 0 spiro atoms. The Kier molecular flexibility index (Phi) is 5.55. The molecule has 0 aromatic rings. The van der Waals surface area contributed by atoms with Gasteiger partial charge in [0.05, 0.1) is 6.10 Å². The Hall–Kier alpha value is 0.327. The summed E-state index contributed by atoms with van der Waals surface area (Å²) < 4.78 is 21.8. The van der Waals surface area contributed by atoms with Gasteiger partial charge in [-0.25, -0.2) is 0 Å². The quantitative estimate of drug-likeness (QED) is 0.573. The van der Waals surface area contributed by atoms with Crippen LogP contribution in [-0.4, -0.2) is 25.7 Å². The van der Waals surface area contributed by atoms with Gasteiger partial charge in [-0.15, -0.1) is 0 Å². The van der Waals surface area contributed by atoms with Gasteiger partial charge < -0.3 is 13.8 Å². The largest absolute Gasteiger partial charge is 0.406 e. The predicted octanol–water partition coefficient (Wildman–Crippen LogP) is 2.80. The first kappa shape index (κ1) is 14.3. The Bertz CT molecular complexity index is 214. The fraction of sp³-hybridized carbons (Fsp3) is 1.00. The lowest BCUT2D eigenvalue weighted by Crippen LogP contribution is -2.26. The second-order valence-electron chi connectivity index (χ2n) is 4.35. The minimum absolute atomic E-state index is 0.187. The maximum atomic E-state index is 11.5. The van der Waals surface area contributed by atoms with Crippen LogP contribution >= 0.6 is 7.60 Å². The summed E-state index contributed by atoms with van der Waals surface area (Å²) in [5.41, 5.74) is 0. The Labute approximate surface area is 87.3 Å². The molecule has 14 heavy (non-hydrogen) atoms. The molecule has 86 valence electrons. The van der Waals surface area contributed by atoms with Crippen molar-refractivity contribution in [1.29, 1.82) is 0 Å². The van der Waals surface area contributed by atoms with Crippen molar-refractivity contribution in [2.45, 2.75) is 46.0 Å². The minimum atomic E-state index is -3.55. The van der Waals surface area contributed by atoms with Crippen molar-refractivity contribution in [2.24, 2.45) is 0 Å². The molecule has 0 saturated heterocycles. The molecule has 0 aliphatic heterocycles. The molecule has 0 fully saturated rings. The summed E-state index contributed by atoms with van der Waals surface area (Å²) in [5, 5.41) is 0. The smallest absolute Gasteiger partial charge is 0.352 e. The highest BCUT2D eigenvalue weighted by molar-refractivity contribution is 7.52. The van der Waals surface area contributed by atoms with Crippen LogP contribution in [0.3, 0.4) is 0 Å². The SMILES string of the molecule is CCC(C)OP(=O)(O)CO[Si](C)(C)C. The summed E-state index contributed by atoms with van der Waals surface area (Å²) in [6, 6.07) is 0. The highest BCUT2D eigenvalue weighted by atomic mass is 31.2. The first-order valence-electron chi connectivity index (χ1n) is 4.80. The molecular weight excluding hydrogens is 219 g/mol. The maximum Gasteiger partial charge on any atom is 0.352 e. The third kappa shape index (κ3) is 7.70. The van der Waals surface area contributed by atoms with Crippen molar-refractivity contribution in [3.63, 3.8) is 0 Å². The lowest BCUT2D eigenvalue weighted by Gasteiger charge is -2.21. The number of hydrogen-bond donors (Lipinski definition) is 1. The van der Waals surface area contributed by atoms with E-state index in [1.807, 2.05) is 26.6 Å². The first-order valence-corrected chi connectivity index (χ1v) is 9.97. The summed E-state index contributed by atoms with van der Waals surface area (Å²) in [6.45, 7) is 9.59. The van der Waals surface area contributed by atoms with Crippen LogP contribution in [0.25, 0.3) is 0 Å². The standard InChI is InChI=1S/C8H21O4PSi/c1-6-8(2)12-13(9,10)7-11-14(3,4)5/h8H,6-7H2,1-5H3,(H,9,10). The van der Waals surface area contributed by atoms with E-state index >= 15 is 0 Å². The van der Waals surface area contributed by atoms with Gasteiger partial charge in [0.15, 0.2) is 8.32 Å². The van der Waals surface area contributed by atoms with Crippen LogP contribution in [0, 0.1) is 0 Å². The van der Waals surface area contributed by atoms with E-state index in [1.165, 1.54) is 0 Å². The minimum Gasteiger partial charge on any atom is -0.406 e. The van der Waals surface area contributed by atoms with Crippen LogP contribution < -0.4 is 0 Å². The van der Waals surface area contributed by atoms with Crippen molar-refractivity contribution >= 4 is 15.9 Å². The Morgan fingerprint density at radius 1 is 1.43 bits per heavy atom. The zero-order valence-electron chi connectivity index (χ0n) is 9.61. The summed E-state index contributed by atoms with van der Waals surface area (Å²) in [6.07, 6.45) is 0.334. The molecule has 0 amide bonds. The number of rotatable bonds is 6. The molecule has 0 saturated carbocycles. The van der Waals surface area contributed by atoms with Gasteiger partial charge in [0.2, 0.25) is 0 Å². The molecule has 2 unspecified atom stereocenters. The Balaban J connectivity index is 4.02. The maximum absolute atomic E-state index is 11.5. The predicted molar refractivity (Wildman–Crippen MR) is 60.0 cm³/mol. The van der Waals surface area contributed by atoms with Crippen LogP contribution in [0.2, 0.25) is 19.6 Å². The lowest BCUT2D eigenvalue weighted by atomic mass is 10.3. The van der Waals surface area contributed by atoms with Crippen LogP contribution in [-0.2, 0) is 13.5 Å². The third-order valence-electron chi connectivity index (χ3n) is 1.58. The van der Waals surface area contributed by atoms with Crippen LogP contribution in [0.4, 0.5) is 0 Å². The van der Waals surface area contributed by atoms with E-state index in [0.29, 0.717) is 0 Å². The molecule has 4 nitrogen and oxygen atoms in total. The molecule has 0 rings (SSSR count). The van der Waals surface area contributed by atoms with Crippen molar-refractivity contribution < 1.29 is 18.4 Å². The van der Waals surface area contributed by atoms with E-state index in [9.17, 15) is 9.46 Å². The monoisotopic (exact) mass is 240 g/mol. The van der Waals surface area contributed by atoms with E-state index < -0.39 is 15.9 Å². The summed E-state index contributed by atoms with van der Waals surface area (Å²) in [7, 11) is -5.29. The van der Waals surface area contributed by atoms with Crippen molar-refractivity contribution in [2.75, 3.05) is 6.35 Å². The molecular formula is C8H21O4PSi. The molecule has 0 heterocycles. The normalized spacial score (nSPS) is 19.0. The fourth-order valence-electron chi connectivity index (χ4n) is 0.661. The molecule has 0 aromatic heterocycles. The molecule has 0 radical (unpaired) electrons. The van der Waals surface area contributed by atoms with E-state index in [1.54, 1.807) is 6.92 Å². The second kappa shape index (κ2) is 5.42. The fourth-order valence-corrected chi connectivity index (χ4v) is 3.64. The third-order valence-corrected chi connectivity index (χ3v) is 3.98. The van der Waals surface area contributed by atoms with E-state index in [4.69, 9.17) is 8.95 Å². The molecule has 0 aliphatic carbocycles. The van der Waals surface area contributed by atoms with Gasteiger partial charge in [-0.2, -0.15) is 0 Å². The molecule has 6 heteroatoms. The molecule has 0 bridgehead atoms. The van der Waals surface area contributed by atoms with Gasteiger partial charge in [0, 0.05) is 0 Å². The van der Waals surface area contributed by atoms with Gasteiger partial charge in [-0.3, -0.25) is 4.57 Å². The molecule has 0 aromatic carbocycles. The van der Waals surface area contributed by atoms with Gasteiger partial charge in [0.1, 0.15) is 6.35 Å². The highest BCUT2D eigenvalue weighted by Gasteiger charge is 2.26. The second-order valence-corrected chi connectivity index (χ2v) is 10.6. The van der Waals surface area contributed by atoms with Gasteiger partial charge in [-0.05, 0) is 33.0 Å². The molecule has 2 atom stereocenters.